The molecule has 0 fully saturated rings. The Morgan fingerprint density at radius 2 is 2.15 bits per heavy atom. The van der Waals surface area contributed by atoms with Crippen molar-refractivity contribution in [3.05, 3.63) is 45.6 Å². The molecule has 0 atom stereocenters. The number of aromatic nitrogens is 2. The molecule has 4 nitrogen and oxygen atoms in total. The summed E-state index contributed by atoms with van der Waals surface area (Å²) in [5, 5.41) is 12.0. The van der Waals surface area contributed by atoms with Crippen molar-refractivity contribution >= 4 is 44.1 Å². The summed E-state index contributed by atoms with van der Waals surface area (Å²) in [6.07, 6.45) is 1.62. The van der Waals surface area contributed by atoms with Gasteiger partial charge >= 0.3 is 5.97 Å². The van der Waals surface area contributed by atoms with E-state index in [1.807, 2.05) is 0 Å². The first-order valence-electron chi connectivity index (χ1n) is 5.49. The molecular formula is C13H6BrFN2O2S. The largest absolute Gasteiger partial charge is 0.478 e. The molecule has 20 heavy (non-hydrogen) atoms. The van der Waals surface area contributed by atoms with E-state index in [9.17, 15) is 14.3 Å². The number of carbonyl (C=O) groups is 1. The molecule has 7 heteroatoms. The SMILES string of the molecule is O=C(O)c1cc(-c2nccs2)nc2c(Br)cc(F)cc12. The number of carboxylic acids is 1. The number of carboxylic acid groups (broad SMARTS) is 1. The van der Waals surface area contributed by atoms with Gasteiger partial charge in [0.1, 0.15) is 16.5 Å². The molecule has 100 valence electrons. The molecule has 2 aromatic heterocycles. The number of aromatic carboxylic acids is 1. The number of benzene rings is 1. The Hall–Kier alpha value is -1.86. The van der Waals surface area contributed by atoms with Crippen LogP contribution in [0.5, 0.6) is 0 Å². The van der Waals surface area contributed by atoms with Gasteiger partial charge in [-0.05, 0) is 34.1 Å². The number of halogens is 2. The molecule has 0 aliphatic carbocycles. The van der Waals surface area contributed by atoms with Gasteiger partial charge in [0.25, 0.3) is 0 Å². The maximum atomic E-state index is 13.5. The minimum Gasteiger partial charge on any atom is -0.478 e. The highest BCUT2D eigenvalue weighted by Gasteiger charge is 2.16. The summed E-state index contributed by atoms with van der Waals surface area (Å²) >= 11 is 4.57. The fourth-order valence-corrected chi connectivity index (χ4v) is 3.01. The van der Waals surface area contributed by atoms with Gasteiger partial charge in [-0.1, -0.05) is 0 Å². The van der Waals surface area contributed by atoms with Gasteiger partial charge in [-0.2, -0.15) is 0 Å². The van der Waals surface area contributed by atoms with E-state index in [0.717, 1.165) is 0 Å². The molecule has 0 amide bonds. The number of nitrogens with zero attached hydrogens (tertiary/aromatic N) is 2. The topological polar surface area (TPSA) is 63.1 Å². The second kappa shape index (κ2) is 4.92. The Balaban J connectivity index is 2.40. The van der Waals surface area contributed by atoms with E-state index in [4.69, 9.17) is 0 Å². The summed E-state index contributed by atoms with van der Waals surface area (Å²) in [7, 11) is 0. The maximum Gasteiger partial charge on any atom is 0.336 e. The molecule has 2 heterocycles. The number of pyridine rings is 1. The molecule has 0 aliphatic heterocycles. The van der Waals surface area contributed by atoms with Crippen molar-refractivity contribution < 1.29 is 14.3 Å². The Morgan fingerprint density at radius 1 is 1.35 bits per heavy atom. The van der Waals surface area contributed by atoms with Crippen molar-refractivity contribution in [3.8, 4) is 10.7 Å². The first kappa shape index (κ1) is 13.1. The van der Waals surface area contributed by atoms with Gasteiger partial charge in [-0.25, -0.2) is 19.2 Å². The lowest BCUT2D eigenvalue weighted by molar-refractivity contribution is 0.0699. The number of hydrogen-bond donors (Lipinski definition) is 1. The summed E-state index contributed by atoms with van der Waals surface area (Å²) in [5.74, 6) is -1.65. The van der Waals surface area contributed by atoms with Crippen molar-refractivity contribution in [1.82, 2.24) is 9.97 Å². The molecule has 0 saturated carbocycles. The van der Waals surface area contributed by atoms with E-state index < -0.39 is 11.8 Å². The predicted molar refractivity (Wildman–Crippen MR) is 77.5 cm³/mol. The third-order valence-electron chi connectivity index (χ3n) is 2.71. The maximum absolute atomic E-state index is 13.5. The first-order chi connectivity index (χ1) is 9.56. The number of rotatable bonds is 2. The van der Waals surface area contributed by atoms with Crippen molar-refractivity contribution in [2.75, 3.05) is 0 Å². The first-order valence-corrected chi connectivity index (χ1v) is 7.16. The normalized spacial score (nSPS) is 10.9. The lowest BCUT2D eigenvalue weighted by Crippen LogP contribution is -2.01. The fourth-order valence-electron chi connectivity index (χ4n) is 1.89. The predicted octanol–water partition coefficient (Wildman–Crippen LogP) is 3.96. The van der Waals surface area contributed by atoms with Gasteiger partial charge in [0.05, 0.1) is 11.1 Å². The molecule has 0 bridgehead atoms. The molecule has 1 aromatic carbocycles. The van der Waals surface area contributed by atoms with Crippen LogP contribution in [-0.2, 0) is 0 Å². The molecule has 3 aromatic rings. The average Bonchev–Trinajstić information content (AvgIpc) is 2.91. The lowest BCUT2D eigenvalue weighted by atomic mass is 10.1. The molecular weight excluding hydrogens is 347 g/mol. The number of fused-ring (bicyclic) bond motifs is 1. The summed E-state index contributed by atoms with van der Waals surface area (Å²) in [6.45, 7) is 0. The van der Waals surface area contributed by atoms with E-state index in [0.29, 0.717) is 20.7 Å². The third kappa shape index (κ3) is 2.19. The lowest BCUT2D eigenvalue weighted by Gasteiger charge is -2.07. The van der Waals surface area contributed by atoms with Gasteiger partial charge in [0, 0.05) is 21.4 Å². The van der Waals surface area contributed by atoms with Crippen molar-refractivity contribution in [3.63, 3.8) is 0 Å². The highest BCUT2D eigenvalue weighted by molar-refractivity contribution is 9.10. The Kier molecular flexibility index (Phi) is 3.23. The average molecular weight is 353 g/mol. The summed E-state index contributed by atoms with van der Waals surface area (Å²) < 4.78 is 13.9. The van der Waals surface area contributed by atoms with Crippen LogP contribution in [0.4, 0.5) is 4.39 Å². The smallest absolute Gasteiger partial charge is 0.336 e. The molecule has 3 rings (SSSR count). The van der Waals surface area contributed by atoms with Crippen LogP contribution in [0.15, 0.2) is 34.2 Å². The Bertz CT molecular complexity index is 821. The summed E-state index contributed by atoms with van der Waals surface area (Å²) in [6, 6.07) is 3.84. The van der Waals surface area contributed by atoms with Gasteiger partial charge in [-0.15, -0.1) is 11.3 Å². The number of thiazole rings is 1. The quantitative estimate of drug-likeness (QED) is 0.758. The van der Waals surface area contributed by atoms with Crippen LogP contribution in [0.1, 0.15) is 10.4 Å². The van der Waals surface area contributed by atoms with Crippen molar-refractivity contribution in [1.29, 1.82) is 0 Å². The van der Waals surface area contributed by atoms with Gasteiger partial charge < -0.3 is 5.11 Å². The van der Waals surface area contributed by atoms with E-state index in [2.05, 4.69) is 25.9 Å². The third-order valence-corrected chi connectivity index (χ3v) is 4.11. The summed E-state index contributed by atoms with van der Waals surface area (Å²) in [5.41, 5.74) is 0.856. The zero-order chi connectivity index (χ0) is 14.3. The van der Waals surface area contributed by atoms with Crippen LogP contribution < -0.4 is 0 Å². The second-order valence-corrected chi connectivity index (χ2v) is 5.73. The van der Waals surface area contributed by atoms with E-state index in [-0.39, 0.29) is 10.9 Å². The molecule has 0 aliphatic rings. The minimum atomic E-state index is -1.13. The summed E-state index contributed by atoms with van der Waals surface area (Å²) in [4.78, 5) is 19.9. The molecule has 0 unspecified atom stereocenters. The highest BCUT2D eigenvalue weighted by Crippen LogP contribution is 2.31. The monoisotopic (exact) mass is 352 g/mol. The number of hydrogen-bond acceptors (Lipinski definition) is 4. The van der Waals surface area contributed by atoms with Crippen LogP contribution in [0.25, 0.3) is 21.6 Å². The van der Waals surface area contributed by atoms with Crippen LogP contribution in [0.3, 0.4) is 0 Å². The van der Waals surface area contributed by atoms with Gasteiger partial charge in [0.2, 0.25) is 0 Å². The van der Waals surface area contributed by atoms with E-state index >= 15 is 0 Å². The van der Waals surface area contributed by atoms with Crippen LogP contribution in [0, 0.1) is 5.82 Å². The standard InChI is InChI=1S/C13H6BrFN2O2S/c14-9-4-6(15)3-7-8(13(18)19)5-10(17-11(7)9)12-16-1-2-20-12/h1-5H,(H,18,19). The van der Waals surface area contributed by atoms with Crippen molar-refractivity contribution in [2.45, 2.75) is 0 Å². The highest BCUT2D eigenvalue weighted by atomic mass is 79.9. The second-order valence-electron chi connectivity index (χ2n) is 3.98. The molecule has 0 saturated heterocycles. The molecule has 0 spiro atoms. The molecule has 1 N–H and O–H groups in total. The Labute approximate surface area is 125 Å². The van der Waals surface area contributed by atoms with Gasteiger partial charge in [-0.3, -0.25) is 0 Å². The fraction of sp³-hybridized carbons (Fsp3) is 0. The van der Waals surface area contributed by atoms with Crippen LogP contribution in [-0.4, -0.2) is 21.0 Å². The van der Waals surface area contributed by atoms with Crippen LogP contribution >= 0.6 is 27.3 Å². The van der Waals surface area contributed by atoms with Crippen LogP contribution in [0.2, 0.25) is 0 Å². The van der Waals surface area contributed by atoms with Gasteiger partial charge in [0.15, 0.2) is 0 Å². The Morgan fingerprint density at radius 3 is 2.80 bits per heavy atom. The zero-order valence-corrected chi connectivity index (χ0v) is 12.2. The van der Waals surface area contributed by atoms with Crippen molar-refractivity contribution in [2.24, 2.45) is 0 Å². The van der Waals surface area contributed by atoms with E-state index in [1.54, 1.807) is 11.6 Å². The zero-order valence-electron chi connectivity index (χ0n) is 9.80. The van der Waals surface area contributed by atoms with E-state index in [1.165, 1.54) is 29.5 Å². The minimum absolute atomic E-state index is 0.000370. The molecule has 0 radical (unpaired) electrons.